The van der Waals surface area contributed by atoms with Crippen LogP contribution in [0.5, 0.6) is 0 Å². The van der Waals surface area contributed by atoms with Crippen molar-refractivity contribution in [2.75, 3.05) is 0 Å². The highest BCUT2D eigenvalue weighted by Gasteiger charge is 2.36. The lowest BCUT2D eigenvalue weighted by atomic mass is 9.80. The van der Waals surface area contributed by atoms with Gasteiger partial charge in [0, 0.05) is 0 Å². The molecule has 1 saturated carbocycles. The summed E-state index contributed by atoms with van der Waals surface area (Å²) in [6.07, 6.45) is 2.03. The Kier molecular flexibility index (Phi) is 3.16. The SMILES string of the molecule is CC(C)C1CC(O)CC1C(C)C. The van der Waals surface area contributed by atoms with Crippen molar-refractivity contribution in [3.63, 3.8) is 0 Å². The van der Waals surface area contributed by atoms with Gasteiger partial charge in [-0.2, -0.15) is 0 Å². The highest BCUT2D eigenvalue weighted by atomic mass is 16.3. The van der Waals surface area contributed by atoms with Gasteiger partial charge >= 0.3 is 0 Å². The van der Waals surface area contributed by atoms with Gasteiger partial charge in [-0.1, -0.05) is 27.7 Å². The summed E-state index contributed by atoms with van der Waals surface area (Å²) in [5.41, 5.74) is 0. The van der Waals surface area contributed by atoms with Gasteiger partial charge in [0.05, 0.1) is 6.10 Å². The Morgan fingerprint density at radius 2 is 1.25 bits per heavy atom. The summed E-state index contributed by atoms with van der Waals surface area (Å²) >= 11 is 0. The Hall–Kier alpha value is -0.0400. The molecule has 72 valence electrons. The van der Waals surface area contributed by atoms with Crippen LogP contribution < -0.4 is 0 Å². The molecule has 1 fully saturated rings. The maximum absolute atomic E-state index is 9.57. The topological polar surface area (TPSA) is 20.2 Å². The van der Waals surface area contributed by atoms with Gasteiger partial charge in [0.2, 0.25) is 0 Å². The summed E-state index contributed by atoms with van der Waals surface area (Å²) in [6, 6.07) is 0. The van der Waals surface area contributed by atoms with E-state index in [9.17, 15) is 5.11 Å². The minimum atomic E-state index is -0.0233. The van der Waals surface area contributed by atoms with Gasteiger partial charge in [0.1, 0.15) is 0 Å². The van der Waals surface area contributed by atoms with Crippen molar-refractivity contribution in [3.8, 4) is 0 Å². The maximum Gasteiger partial charge on any atom is 0.0546 e. The molecule has 0 spiro atoms. The van der Waals surface area contributed by atoms with Gasteiger partial charge in [0.15, 0.2) is 0 Å². The van der Waals surface area contributed by atoms with E-state index in [0.717, 1.165) is 36.5 Å². The van der Waals surface area contributed by atoms with Crippen molar-refractivity contribution in [1.82, 2.24) is 0 Å². The minimum absolute atomic E-state index is 0.0233. The normalized spacial score (nSPS) is 36.8. The second-order valence-corrected chi connectivity index (χ2v) is 4.94. The first kappa shape index (κ1) is 10.0. The highest BCUT2D eigenvalue weighted by molar-refractivity contribution is 4.86. The van der Waals surface area contributed by atoms with Crippen LogP contribution in [0.3, 0.4) is 0 Å². The second-order valence-electron chi connectivity index (χ2n) is 4.94. The van der Waals surface area contributed by atoms with Crippen LogP contribution in [0.25, 0.3) is 0 Å². The van der Waals surface area contributed by atoms with E-state index in [1.807, 2.05) is 0 Å². The molecule has 0 aliphatic heterocycles. The summed E-state index contributed by atoms with van der Waals surface area (Å²) < 4.78 is 0. The van der Waals surface area contributed by atoms with Crippen LogP contribution in [0.15, 0.2) is 0 Å². The molecule has 12 heavy (non-hydrogen) atoms. The van der Waals surface area contributed by atoms with Gasteiger partial charge in [-0.3, -0.25) is 0 Å². The predicted octanol–water partition coefficient (Wildman–Crippen LogP) is 2.69. The van der Waals surface area contributed by atoms with E-state index in [-0.39, 0.29) is 6.10 Å². The van der Waals surface area contributed by atoms with Gasteiger partial charge in [-0.05, 0) is 36.5 Å². The molecular weight excluding hydrogens is 148 g/mol. The molecule has 2 unspecified atom stereocenters. The molecule has 1 nitrogen and oxygen atoms in total. The first-order chi connectivity index (χ1) is 5.52. The fourth-order valence-corrected chi connectivity index (χ4v) is 2.61. The largest absolute Gasteiger partial charge is 0.393 e. The van der Waals surface area contributed by atoms with E-state index in [0.29, 0.717) is 0 Å². The Morgan fingerprint density at radius 1 is 0.917 bits per heavy atom. The van der Waals surface area contributed by atoms with Gasteiger partial charge in [0.25, 0.3) is 0 Å². The Morgan fingerprint density at radius 3 is 1.50 bits per heavy atom. The molecule has 0 aromatic rings. The fourth-order valence-electron chi connectivity index (χ4n) is 2.61. The van der Waals surface area contributed by atoms with E-state index in [4.69, 9.17) is 0 Å². The maximum atomic E-state index is 9.57. The lowest BCUT2D eigenvalue weighted by Crippen LogP contribution is -2.18. The third kappa shape index (κ3) is 2.01. The highest BCUT2D eigenvalue weighted by Crippen LogP contribution is 2.40. The van der Waals surface area contributed by atoms with Crippen molar-refractivity contribution < 1.29 is 5.11 Å². The molecule has 0 heterocycles. The second kappa shape index (κ2) is 3.78. The number of hydrogen-bond donors (Lipinski definition) is 1. The van der Waals surface area contributed by atoms with Crippen LogP contribution in [-0.2, 0) is 0 Å². The zero-order valence-electron chi connectivity index (χ0n) is 8.75. The lowest BCUT2D eigenvalue weighted by Gasteiger charge is -2.25. The van der Waals surface area contributed by atoms with Gasteiger partial charge in [-0.25, -0.2) is 0 Å². The molecule has 0 radical (unpaired) electrons. The fraction of sp³-hybridized carbons (Fsp3) is 1.00. The molecule has 0 saturated heterocycles. The van der Waals surface area contributed by atoms with Crippen LogP contribution in [0, 0.1) is 23.7 Å². The van der Waals surface area contributed by atoms with Crippen molar-refractivity contribution in [1.29, 1.82) is 0 Å². The van der Waals surface area contributed by atoms with Crippen molar-refractivity contribution in [2.45, 2.75) is 46.6 Å². The summed E-state index contributed by atoms with van der Waals surface area (Å²) in [5.74, 6) is 2.96. The minimum Gasteiger partial charge on any atom is -0.393 e. The van der Waals surface area contributed by atoms with E-state index < -0.39 is 0 Å². The number of rotatable bonds is 2. The summed E-state index contributed by atoms with van der Waals surface area (Å²) in [4.78, 5) is 0. The van der Waals surface area contributed by atoms with Crippen molar-refractivity contribution >= 4 is 0 Å². The molecule has 1 heteroatoms. The zero-order chi connectivity index (χ0) is 9.30. The molecule has 1 N–H and O–H groups in total. The number of aliphatic hydroxyl groups is 1. The molecular formula is C11H22O. The first-order valence-electron chi connectivity index (χ1n) is 5.20. The predicted molar refractivity (Wildman–Crippen MR) is 51.9 cm³/mol. The van der Waals surface area contributed by atoms with Crippen LogP contribution in [0.1, 0.15) is 40.5 Å². The smallest absolute Gasteiger partial charge is 0.0546 e. The van der Waals surface area contributed by atoms with Gasteiger partial charge in [-0.15, -0.1) is 0 Å². The number of aliphatic hydroxyl groups excluding tert-OH is 1. The summed E-state index contributed by atoms with van der Waals surface area (Å²) in [7, 11) is 0. The molecule has 0 aromatic carbocycles. The van der Waals surface area contributed by atoms with Crippen LogP contribution >= 0.6 is 0 Å². The summed E-state index contributed by atoms with van der Waals surface area (Å²) in [5, 5.41) is 9.57. The third-order valence-corrected chi connectivity index (χ3v) is 3.35. The van der Waals surface area contributed by atoms with Gasteiger partial charge < -0.3 is 5.11 Å². The zero-order valence-corrected chi connectivity index (χ0v) is 8.75. The molecule has 0 amide bonds. The molecule has 2 atom stereocenters. The Labute approximate surface area is 76.2 Å². The van der Waals surface area contributed by atoms with Crippen molar-refractivity contribution in [2.24, 2.45) is 23.7 Å². The molecule has 1 aliphatic carbocycles. The van der Waals surface area contributed by atoms with E-state index in [2.05, 4.69) is 27.7 Å². The van der Waals surface area contributed by atoms with Crippen LogP contribution in [0.4, 0.5) is 0 Å². The van der Waals surface area contributed by atoms with E-state index >= 15 is 0 Å². The third-order valence-electron chi connectivity index (χ3n) is 3.35. The molecule has 1 aliphatic rings. The number of hydrogen-bond acceptors (Lipinski definition) is 1. The van der Waals surface area contributed by atoms with Crippen LogP contribution in [-0.4, -0.2) is 11.2 Å². The first-order valence-corrected chi connectivity index (χ1v) is 5.20. The van der Waals surface area contributed by atoms with E-state index in [1.165, 1.54) is 0 Å². The Balaban J connectivity index is 2.59. The summed E-state index contributed by atoms with van der Waals surface area (Å²) in [6.45, 7) is 9.10. The standard InChI is InChI=1S/C11H22O/c1-7(2)10-5-9(12)6-11(10)8(3)4/h7-12H,5-6H2,1-4H3. The lowest BCUT2D eigenvalue weighted by molar-refractivity contribution is 0.171. The van der Waals surface area contributed by atoms with E-state index in [1.54, 1.807) is 0 Å². The molecule has 0 bridgehead atoms. The van der Waals surface area contributed by atoms with Crippen molar-refractivity contribution in [3.05, 3.63) is 0 Å². The average molecular weight is 170 g/mol. The Bertz CT molecular complexity index is 124. The monoisotopic (exact) mass is 170 g/mol. The quantitative estimate of drug-likeness (QED) is 0.675. The average Bonchev–Trinajstić information content (AvgIpc) is 2.31. The molecule has 1 rings (SSSR count). The molecule has 0 aromatic heterocycles. The van der Waals surface area contributed by atoms with Crippen LogP contribution in [0.2, 0.25) is 0 Å².